The van der Waals surface area contributed by atoms with E-state index in [0.29, 0.717) is 29.1 Å². The van der Waals surface area contributed by atoms with Crippen molar-refractivity contribution in [1.29, 1.82) is 0 Å². The van der Waals surface area contributed by atoms with Crippen LogP contribution in [0.2, 0.25) is 0 Å². The molecule has 4 aromatic heterocycles. The summed E-state index contributed by atoms with van der Waals surface area (Å²) in [5.74, 6) is 5.61. The lowest BCUT2D eigenvalue weighted by atomic mass is 9.85. The van der Waals surface area contributed by atoms with Crippen molar-refractivity contribution in [2.24, 2.45) is 13.0 Å². The van der Waals surface area contributed by atoms with Crippen molar-refractivity contribution in [2.75, 3.05) is 76.2 Å². The monoisotopic (exact) mass is 919 g/mol. The number of likely N-dealkylation sites (N-methyl/N-ethyl adjacent to an activating group) is 1. The third-order valence-electron chi connectivity index (χ3n) is 13.5. The van der Waals surface area contributed by atoms with Gasteiger partial charge in [0.2, 0.25) is 11.8 Å². The molecule has 22 heteroatoms. The minimum absolute atomic E-state index is 0.0241. The zero-order valence-corrected chi connectivity index (χ0v) is 36.5. The van der Waals surface area contributed by atoms with Crippen molar-refractivity contribution >= 4 is 45.9 Å². The first-order chi connectivity index (χ1) is 31.6. The Morgan fingerprint density at radius 3 is 2.45 bits per heavy atom. The van der Waals surface area contributed by atoms with Gasteiger partial charge in [0.05, 0.1) is 41.1 Å². The van der Waals surface area contributed by atoms with Crippen LogP contribution in [-0.4, -0.2) is 144 Å². The highest BCUT2D eigenvalue weighted by Crippen LogP contribution is 2.36. The molecule has 3 amide bonds. The van der Waals surface area contributed by atoms with Gasteiger partial charge in [-0.25, -0.2) is 23.1 Å². The summed E-state index contributed by atoms with van der Waals surface area (Å²) in [5, 5.41) is 13.3. The third-order valence-corrected chi connectivity index (χ3v) is 13.5. The van der Waals surface area contributed by atoms with Crippen molar-refractivity contribution in [3.05, 3.63) is 70.2 Å². The van der Waals surface area contributed by atoms with Crippen LogP contribution in [0.5, 0.6) is 0 Å². The Hall–Kier alpha value is -6.18. The van der Waals surface area contributed by atoms with Crippen LogP contribution >= 0.6 is 0 Å². The van der Waals surface area contributed by atoms with Gasteiger partial charge in [-0.1, -0.05) is 17.9 Å². The number of hydrogen-bond donors (Lipinski definition) is 2. The van der Waals surface area contributed by atoms with E-state index >= 15 is 0 Å². The Labute approximate surface area is 375 Å². The summed E-state index contributed by atoms with van der Waals surface area (Å²) in [6, 6.07) is 4.40. The van der Waals surface area contributed by atoms with Crippen LogP contribution in [0.1, 0.15) is 78.6 Å². The molecular formula is C44H50F5N13O4. The second-order valence-electron chi connectivity index (χ2n) is 17.7. The SMILES string of the molecule is CN1CCN(c2ccn3ncc(C(=O)Nc4cn([C@H]5CC[C@H](CN6CCN(CC#Cc7cccc8c7n(C)c(=O)n8C7CCC(=O)NC7=O)CC6)CC5)nc4C(F)F)c3n2)CC1C(F)(F)F. The predicted molar refractivity (Wildman–Crippen MR) is 232 cm³/mol. The highest BCUT2D eigenvalue weighted by atomic mass is 19.4. The van der Waals surface area contributed by atoms with E-state index in [2.05, 4.69) is 47.5 Å². The summed E-state index contributed by atoms with van der Waals surface area (Å²) in [6.45, 7) is 4.99. The molecule has 2 N–H and O–H groups in total. The predicted octanol–water partition coefficient (Wildman–Crippen LogP) is 3.83. The number of alkyl halides is 5. The average molecular weight is 920 g/mol. The first-order valence-electron chi connectivity index (χ1n) is 22.1. The molecular weight excluding hydrogens is 870 g/mol. The molecule has 5 aromatic rings. The molecule has 3 aliphatic heterocycles. The molecule has 3 saturated heterocycles. The topological polar surface area (TPSA) is 163 Å². The van der Waals surface area contributed by atoms with Crippen LogP contribution < -0.4 is 21.2 Å². The number of benzene rings is 1. The first-order valence-corrected chi connectivity index (χ1v) is 22.1. The lowest BCUT2D eigenvalue weighted by Gasteiger charge is -2.40. The number of piperidine rings is 1. The van der Waals surface area contributed by atoms with Gasteiger partial charge in [-0.15, -0.1) is 0 Å². The second-order valence-corrected chi connectivity index (χ2v) is 17.7. The van der Waals surface area contributed by atoms with E-state index in [-0.39, 0.29) is 72.8 Å². The molecule has 0 radical (unpaired) electrons. The van der Waals surface area contributed by atoms with Gasteiger partial charge in [0.1, 0.15) is 23.5 Å². The van der Waals surface area contributed by atoms with E-state index in [1.807, 2.05) is 12.1 Å². The number of imidazole rings is 1. The van der Waals surface area contributed by atoms with E-state index in [0.717, 1.165) is 58.4 Å². The van der Waals surface area contributed by atoms with Crippen molar-refractivity contribution in [1.82, 2.24) is 53.5 Å². The van der Waals surface area contributed by atoms with Gasteiger partial charge in [-0.2, -0.15) is 23.4 Å². The Morgan fingerprint density at radius 2 is 1.73 bits per heavy atom. The van der Waals surface area contributed by atoms with Gasteiger partial charge in [-0.05, 0) is 63.3 Å². The molecule has 1 saturated carbocycles. The molecule has 7 heterocycles. The molecule has 350 valence electrons. The number of rotatable bonds is 9. The molecule has 4 aliphatic rings. The molecule has 9 rings (SSSR count). The zero-order chi connectivity index (χ0) is 46.4. The number of fused-ring (bicyclic) bond motifs is 2. The van der Waals surface area contributed by atoms with Crippen LogP contribution in [0, 0.1) is 17.8 Å². The van der Waals surface area contributed by atoms with Crippen molar-refractivity contribution in [3.8, 4) is 11.8 Å². The first kappa shape index (κ1) is 45.0. The van der Waals surface area contributed by atoms with E-state index < -0.39 is 42.2 Å². The number of nitrogens with one attached hydrogen (secondary N) is 2. The van der Waals surface area contributed by atoms with Gasteiger partial charge in [0.15, 0.2) is 11.3 Å². The molecule has 66 heavy (non-hydrogen) atoms. The highest BCUT2D eigenvalue weighted by Gasteiger charge is 2.45. The molecule has 1 aromatic carbocycles. The minimum Gasteiger partial charge on any atom is -0.353 e. The van der Waals surface area contributed by atoms with Gasteiger partial charge >= 0.3 is 11.9 Å². The molecule has 1 aliphatic carbocycles. The number of halogens is 5. The van der Waals surface area contributed by atoms with Crippen LogP contribution in [0.4, 0.5) is 33.5 Å². The van der Waals surface area contributed by atoms with Gasteiger partial charge in [-0.3, -0.25) is 43.3 Å². The Bertz CT molecular complexity index is 2770. The average Bonchev–Trinajstić information content (AvgIpc) is 3.98. The van der Waals surface area contributed by atoms with Gasteiger partial charge < -0.3 is 15.1 Å². The maximum Gasteiger partial charge on any atom is 0.405 e. The van der Waals surface area contributed by atoms with Crippen molar-refractivity contribution in [3.63, 3.8) is 0 Å². The van der Waals surface area contributed by atoms with E-state index in [1.165, 1.54) is 59.8 Å². The van der Waals surface area contributed by atoms with Crippen LogP contribution in [0.25, 0.3) is 16.7 Å². The zero-order valence-electron chi connectivity index (χ0n) is 36.5. The van der Waals surface area contributed by atoms with Crippen LogP contribution in [-0.2, 0) is 16.6 Å². The quantitative estimate of drug-likeness (QED) is 0.126. The summed E-state index contributed by atoms with van der Waals surface area (Å²) in [6.07, 6.45) is 0.434. The lowest BCUT2D eigenvalue weighted by Crippen LogP contribution is -2.57. The Kier molecular flexibility index (Phi) is 12.4. The maximum absolute atomic E-state index is 14.3. The number of hydrogen-bond acceptors (Lipinski definition) is 11. The number of imide groups is 1. The highest BCUT2D eigenvalue weighted by molar-refractivity contribution is 6.08. The molecule has 0 spiro atoms. The number of amides is 3. The number of aryl methyl sites for hydroxylation is 1. The summed E-state index contributed by atoms with van der Waals surface area (Å²) in [7, 11) is 3.08. The van der Waals surface area contributed by atoms with Crippen LogP contribution in [0.3, 0.4) is 0 Å². The molecule has 0 bridgehead atoms. The Morgan fingerprint density at radius 1 is 0.970 bits per heavy atom. The number of anilines is 2. The van der Waals surface area contributed by atoms with E-state index in [1.54, 1.807) is 13.1 Å². The molecule has 4 fully saturated rings. The van der Waals surface area contributed by atoms with Crippen molar-refractivity contribution in [2.45, 2.75) is 69.3 Å². The normalized spacial score (nSPS) is 22.8. The lowest BCUT2D eigenvalue weighted by molar-refractivity contribution is -0.180. The summed E-state index contributed by atoms with van der Waals surface area (Å²) >= 11 is 0. The standard InChI is InChI=1S/C44H50F5N13O4/c1-55-17-22-59(26-34(55)44(47,48)49)35-14-16-60-40(52-35)30(23-50-60)41(64)51-31-25-61(54-37(31)39(45)46)29-10-8-27(9-11-29)24-58-20-18-57(19-21-58)15-4-6-28-5-3-7-32-38(28)56(2)43(66)62(32)33-12-13-36(63)53-42(33)65/h3,5,7,14,16,23,25,27,29,33-34,39H,8-13,15,17-22,24,26H2,1-2H3,(H,51,64)(H,53,63,65)/t27-,29-,33?,34?. The van der Waals surface area contributed by atoms with Crippen molar-refractivity contribution < 1.29 is 36.3 Å². The Balaban J connectivity index is 0.772. The molecule has 17 nitrogen and oxygen atoms in total. The summed E-state index contributed by atoms with van der Waals surface area (Å²) in [5.41, 5.74) is 0.945. The summed E-state index contributed by atoms with van der Waals surface area (Å²) < 4.78 is 75.5. The fraction of sp³-hybridized carbons (Fsp3) is 0.523. The number of nitrogens with zero attached hydrogens (tertiary/aromatic N) is 11. The van der Waals surface area contributed by atoms with Crippen LogP contribution in [0.15, 0.2) is 47.7 Å². The van der Waals surface area contributed by atoms with E-state index in [9.17, 15) is 41.1 Å². The second kappa shape index (κ2) is 18.2. The number of para-hydroxylation sites is 1. The fourth-order valence-electron chi connectivity index (χ4n) is 9.77. The summed E-state index contributed by atoms with van der Waals surface area (Å²) in [4.78, 5) is 63.1. The van der Waals surface area contributed by atoms with E-state index in [4.69, 9.17) is 0 Å². The third kappa shape index (κ3) is 9.02. The molecule has 2 unspecified atom stereocenters. The number of aromatic nitrogens is 7. The van der Waals surface area contributed by atoms with Gasteiger partial charge in [0, 0.05) is 78.2 Å². The smallest absolute Gasteiger partial charge is 0.353 e. The minimum atomic E-state index is -4.44. The maximum atomic E-state index is 14.3. The largest absolute Gasteiger partial charge is 0.405 e. The number of carbonyl (C=O) groups is 3. The number of piperazine rings is 2. The number of carbonyl (C=O) groups excluding carboxylic acids is 3. The fourth-order valence-corrected chi connectivity index (χ4v) is 9.77. The molecule has 2 atom stereocenters. The van der Waals surface area contributed by atoms with Gasteiger partial charge in [0.25, 0.3) is 12.3 Å².